The molecule has 0 fully saturated rings. The zero-order chi connectivity index (χ0) is 15.9. The SMILES string of the molecule is COc1ccc(OC)c(/C=N\NC(=O)c2ccccc2Cl)c1. The number of benzene rings is 2. The lowest BCUT2D eigenvalue weighted by Crippen LogP contribution is -2.18. The van der Waals surface area contributed by atoms with Gasteiger partial charge in [0.15, 0.2) is 0 Å². The van der Waals surface area contributed by atoms with Gasteiger partial charge in [0.2, 0.25) is 0 Å². The molecule has 0 atom stereocenters. The summed E-state index contributed by atoms with van der Waals surface area (Å²) in [5, 5.41) is 4.29. The van der Waals surface area contributed by atoms with E-state index in [1.54, 1.807) is 56.7 Å². The van der Waals surface area contributed by atoms with Gasteiger partial charge in [0.25, 0.3) is 5.91 Å². The fraction of sp³-hybridized carbons (Fsp3) is 0.125. The Morgan fingerprint density at radius 1 is 1.18 bits per heavy atom. The topological polar surface area (TPSA) is 59.9 Å². The molecule has 0 heterocycles. The smallest absolute Gasteiger partial charge is 0.272 e. The minimum Gasteiger partial charge on any atom is -0.497 e. The fourth-order valence-electron chi connectivity index (χ4n) is 1.81. The molecular formula is C16H15ClN2O3. The molecule has 0 aliphatic rings. The maximum Gasteiger partial charge on any atom is 0.272 e. The number of methoxy groups -OCH3 is 2. The zero-order valence-electron chi connectivity index (χ0n) is 12.2. The van der Waals surface area contributed by atoms with Gasteiger partial charge in [0.05, 0.1) is 31.0 Å². The Kier molecular flexibility index (Phi) is 5.38. The van der Waals surface area contributed by atoms with Crippen LogP contribution in [-0.4, -0.2) is 26.3 Å². The van der Waals surface area contributed by atoms with Crippen molar-refractivity contribution >= 4 is 23.7 Å². The van der Waals surface area contributed by atoms with E-state index in [-0.39, 0.29) is 5.91 Å². The lowest BCUT2D eigenvalue weighted by atomic mass is 10.2. The summed E-state index contributed by atoms with van der Waals surface area (Å²) >= 11 is 5.95. The number of carbonyl (C=O) groups is 1. The van der Waals surface area contributed by atoms with Gasteiger partial charge in [-0.05, 0) is 30.3 Å². The highest BCUT2D eigenvalue weighted by Gasteiger charge is 2.08. The molecule has 1 N–H and O–H groups in total. The minimum absolute atomic E-state index is 0.360. The van der Waals surface area contributed by atoms with Crippen molar-refractivity contribution in [1.82, 2.24) is 5.43 Å². The minimum atomic E-state index is -0.385. The molecule has 2 aromatic rings. The van der Waals surface area contributed by atoms with Crippen LogP contribution < -0.4 is 14.9 Å². The number of halogens is 1. The van der Waals surface area contributed by atoms with Crippen molar-refractivity contribution in [1.29, 1.82) is 0 Å². The Balaban J connectivity index is 2.12. The predicted octanol–water partition coefficient (Wildman–Crippen LogP) is 3.12. The van der Waals surface area contributed by atoms with Crippen LogP contribution >= 0.6 is 11.6 Å². The van der Waals surface area contributed by atoms with Crippen LogP contribution in [-0.2, 0) is 0 Å². The summed E-state index contributed by atoms with van der Waals surface area (Å²) in [5.74, 6) is 0.903. The average Bonchev–Trinajstić information content (AvgIpc) is 2.55. The molecule has 0 saturated heterocycles. The third-order valence-electron chi connectivity index (χ3n) is 2.93. The van der Waals surface area contributed by atoms with E-state index in [2.05, 4.69) is 10.5 Å². The molecule has 0 saturated carbocycles. The number of carbonyl (C=O) groups excluding carboxylic acids is 1. The molecule has 6 heteroatoms. The van der Waals surface area contributed by atoms with Crippen molar-refractivity contribution in [3.63, 3.8) is 0 Å². The van der Waals surface area contributed by atoms with Crippen molar-refractivity contribution in [2.75, 3.05) is 14.2 Å². The van der Waals surface area contributed by atoms with Gasteiger partial charge in [0.1, 0.15) is 11.5 Å². The van der Waals surface area contributed by atoms with Gasteiger partial charge in [-0.15, -0.1) is 0 Å². The second-order valence-electron chi connectivity index (χ2n) is 4.29. The lowest BCUT2D eigenvalue weighted by Gasteiger charge is -2.07. The largest absolute Gasteiger partial charge is 0.497 e. The maximum atomic E-state index is 12.0. The number of rotatable bonds is 5. The molecule has 2 aromatic carbocycles. The molecule has 114 valence electrons. The predicted molar refractivity (Wildman–Crippen MR) is 86.1 cm³/mol. The van der Waals surface area contributed by atoms with Gasteiger partial charge < -0.3 is 9.47 Å². The Bertz CT molecular complexity index is 702. The third kappa shape index (κ3) is 3.77. The normalized spacial score (nSPS) is 10.5. The Labute approximate surface area is 133 Å². The second kappa shape index (κ2) is 7.47. The Hall–Kier alpha value is -2.53. The van der Waals surface area contributed by atoms with E-state index in [4.69, 9.17) is 21.1 Å². The van der Waals surface area contributed by atoms with Crippen LogP contribution in [0.5, 0.6) is 11.5 Å². The number of nitrogens with zero attached hydrogens (tertiary/aromatic N) is 1. The van der Waals surface area contributed by atoms with Gasteiger partial charge in [0, 0.05) is 5.56 Å². The van der Waals surface area contributed by atoms with Gasteiger partial charge in [-0.25, -0.2) is 5.43 Å². The summed E-state index contributed by atoms with van der Waals surface area (Å²) in [6.07, 6.45) is 1.48. The molecule has 1 amide bonds. The summed E-state index contributed by atoms with van der Waals surface area (Å²) in [6, 6.07) is 12.0. The van der Waals surface area contributed by atoms with Crippen LogP contribution in [0.15, 0.2) is 47.6 Å². The van der Waals surface area contributed by atoms with Crippen LogP contribution in [0.4, 0.5) is 0 Å². The maximum absolute atomic E-state index is 12.0. The molecule has 0 bridgehead atoms. The Morgan fingerprint density at radius 2 is 1.95 bits per heavy atom. The summed E-state index contributed by atoms with van der Waals surface area (Å²) in [7, 11) is 3.13. The van der Waals surface area contributed by atoms with E-state index in [9.17, 15) is 4.79 Å². The summed E-state index contributed by atoms with van der Waals surface area (Å²) in [6.45, 7) is 0. The Morgan fingerprint density at radius 3 is 2.64 bits per heavy atom. The van der Waals surface area contributed by atoms with Crippen molar-refractivity contribution in [3.8, 4) is 11.5 Å². The van der Waals surface area contributed by atoms with Crippen LogP contribution in [0.25, 0.3) is 0 Å². The quantitative estimate of drug-likeness (QED) is 0.680. The van der Waals surface area contributed by atoms with Gasteiger partial charge >= 0.3 is 0 Å². The average molecular weight is 319 g/mol. The molecule has 0 aromatic heterocycles. The van der Waals surface area contributed by atoms with E-state index < -0.39 is 0 Å². The summed E-state index contributed by atoms with van der Waals surface area (Å²) < 4.78 is 10.4. The van der Waals surface area contributed by atoms with Gasteiger partial charge in [-0.1, -0.05) is 23.7 Å². The first-order valence-electron chi connectivity index (χ1n) is 6.45. The van der Waals surface area contributed by atoms with Crippen LogP contribution in [0.2, 0.25) is 5.02 Å². The first kappa shape index (κ1) is 15.9. The number of nitrogens with one attached hydrogen (secondary N) is 1. The van der Waals surface area contributed by atoms with Gasteiger partial charge in [-0.3, -0.25) is 4.79 Å². The van der Waals surface area contributed by atoms with E-state index in [1.165, 1.54) is 6.21 Å². The number of hydrogen-bond donors (Lipinski definition) is 1. The molecule has 0 radical (unpaired) electrons. The highest BCUT2D eigenvalue weighted by Crippen LogP contribution is 2.22. The zero-order valence-corrected chi connectivity index (χ0v) is 12.9. The summed E-state index contributed by atoms with van der Waals surface area (Å²) in [4.78, 5) is 12.0. The van der Waals surface area contributed by atoms with E-state index >= 15 is 0 Å². The molecule has 5 nitrogen and oxygen atoms in total. The molecular weight excluding hydrogens is 304 g/mol. The lowest BCUT2D eigenvalue weighted by molar-refractivity contribution is 0.0955. The van der Waals surface area contributed by atoms with Crippen molar-refractivity contribution in [2.24, 2.45) is 5.10 Å². The van der Waals surface area contributed by atoms with E-state index in [0.717, 1.165) is 0 Å². The molecule has 0 aliphatic heterocycles. The highest BCUT2D eigenvalue weighted by atomic mass is 35.5. The number of hydrazone groups is 1. The first-order valence-corrected chi connectivity index (χ1v) is 6.83. The highest BCUT2D eigenvalue weighted by molar-refractivity contribution is 6.33. The van der Waals surface area contributed by atoms with Crippen molar-refractivity contribution < 1.29 is 14.3 Å². The molecule has 0 spiro atoms. The third-order valence-corrected chi connectivity index (χ3v) is 3.25. The molecule has 0 unspecified atom stereocenters. The fourth-order valence-corrected chi connectivity index (χ4v) is 2.03. The number of amides is 1. The van der Waals surface area contributed by atoms with Crippen molar-refractivity contribution in [2.45, 2.75) is 0 Å². The van der Waals surface area contributed by atoms with Crippen LogP contribution in [0.3, 0.4) is 0 Å². The molecule has 2 rings (SSSR count). The van der Waals surface area contributed by atoms with Gasteiger partial charge in [-0.2, -0.15) is 5.10 Å². The molecule has 22 heavy (non-hydrogen) atoms. The van der Waals surface area contributed by atoms with Crippen LogP contribution in [0.1, 0.15) is 15.9 Å². The first-order chi connectivity index (χ1) is 10.7. The molecule has 0 aliphatic carbocycles. The van der Waals surface area contributed by atoms with E-state index in [1.807, 2.05) is 0 Å². The second-order valence-corrected chi connectivity index (χ2v) is 4.69. The number of ether oxygens (including phenoxy) is 2. The van der Waals surface area contributed by atoms with Crippen LogP contribution in [0, 0.1) is 0 Å². The number of hydrogen-bond acceptors (Lipinski definition) is 4. The monoisotopic (exact) mass is 318 g/mol. The van der Waals surface area contributed by atoms with E-state index in [0.29, 0.717) is 27.6 Å². The summed E-state index contributed by atoms with van der Waals surface area (Å²) in [5.41, 5.74) is 3.47. The van der Waals surface area contributed by atoms with Crippen molar-refractivity contribution in [3.05, 3.63) is 58.6 Å². The standard InChI is InChI=1S/C16H15ClN2O3/c1-21-12-7-8-15(22-2)11(9-12)10-18-19-16(20)13-5-3-4-6-14(13)17/h3-10H,1-2H3,(H,19,20)/b18-10-.